The maximum atomic E-state index is 10.7. The fraction of sp³-hybridized carbons (Fsp3) is 0.923. The van der Waals surface area contributed by atoms with E-state index in [0.29, 0.717) is 0 Å². The number of hydrogen-bond acceptors (Lipinski definition) is 6. The summed E-state index contributed by atoms with van der Waals surface area (Å²) < 4.78 is 10.7. The van der Waals surface area contributed by atoms with Crippen LogP contribution in [0.5, 0.6) is 0 Å². The van der Waals surface area contributed by atoms with Crippen LogP contribution in [0.15, 0.2) is 0 Å². The Morgan fingerprint density at radius 3 is 2.32 bits per heavy atom. The lowest BCUT2D eigenvalue weighted by molar-refractivity contribution is -0.327. The number of carboxylic acid groups (broad SMARTS) is 1. The predicted octanol–water partition coefficient (Wildman–Crippen LogP) is -0.932. The van der Waals surface area contributed by atoms with Crippen LogP contribution >= 0.6 is 0 Å². The van der Waals surface area contributed by atoms with Crippen LogP contribution in [0.25, 0.3) is 0 Å². The topological polar surface area (TPSA) is 99.1 Å². The lowest BCUT2D eigenvalue weighted by atomic mass is 9.65. The van der Waals surface area contributed by atoms with Crippen LogP contribution in [0.1, 0.15) is 34.6 Å². The average Bonchev–Trinajstić information content (AvgIpc) is 2.25. The molecule has 0 radical (unpaired) electrons. The number of aliphatic hydroxyl groups is 2. The molecule has 1 saturated heterocycles. The molecule has 2 N–H and O–H groups in total. The molecule has 0 saturated carbocycles. The summed E-state index contributed by atoms with van der Waals surface area (Å²) in [5.41, 5.74) is -3.66. The Labute approximate surface area is 113 Å². The minimum absolute atomic E-state index is 0.0985. The second-order valence-corrected chi connectivity index (χ2v) is 5.95. The zero-order valence-electron chi connectivity index (χ0n) is 12.1. The van der Waals surface area contributed by atoms with Gasteiger partial charge in [0.25, 0.3) is 0 Å². The number of carboxylic acids is 1. The Hall–Kier alpha value is -0.690. The zero-order valence-corrected chi connectivity index (χ0v) is 12.1. The molecule has 0 aliphatic carbocycles. The molecule has 1 rings (SSSR count). The van der Waals surface area contributed by atoms with Gasteiger partial charge in [-0.05, 0) is 27.7 Å². The Kier molecular flexibility index (Phi) is 4.32. The first kappa shape index (κ1) is 16.4. The molecule has 0 aromatic carbocycles. The SMILES string of the molecule is CC1OC(C)(COCC(=O)[O-])C(C)(O)C(C)C1(C)O. The van der Waals surface area contributed by atoms with E-state index >= 15 is 0 Å². The second-order valence-electron chi connectivity index (χ2n) is 5.95. The standard InChI is InChI=1S/C13H24O6/c1-8-12(4,16)9(2)19-11(3,13(8,5)17)7-18-6-10(14)15/h8-9,16-17H,6-7H2,1-5H3,(H,14,15)/p-1. The summed E-state index contributed by atoms with van der Waals surface area (Å²) in [7, 11) is 0. The van der Waals surface area contributed by atoms with Crippen LogP contribution in [0.3, 0.4) is 0 Å². The Bertz CT molecular complexity index is 351. The highest BCUT2D eigenvalue weighted by Gasteiger charge is 2.60. The van der Waals surface area contributed by atoms with Crippen molar-refractivity contribution in [2.24, 2.45) is 5.92 Å². The molecule has 1 fully saturated rings. The van der Waals surface area contributed by atoms with Gasteiger partial charge in [0.15, 0.2) is 0 Å². The van der Waals surface area contributed by atoms with Crippen molar-refractivity contribution in [1.82, 2.24) is 0 Å². The molecule has 0 spiro atoms. The van der Waals surface area contributed by atoms with E-state index in [-0.39, 0.29) is 6.61 Å². The van der Waals surface area contributed by atoms with Crippen LogP contribution in [0, 0.1) is 5.92 Å². The quantitative estimate of drug-likeness (QED) is 0.687. The lowest BCUT2D eigenvalue weighted by Gasteiger charge is -2.57. The van der Waals surface area contributed by atoms with E-state index < -0.39 is 41.4 Å². The third-order valence-corrected chi connectivity index (χ3v) is 4.65. The molecule has 0 bridgehead atoms. The molecule has 19 heavy (non-hydrogen) atoms. The van der Waals surface area contributed by atoms with Crippen LogP contribution in [-0.4, -0.2) is 52.3 Å². The van der Waals surface area contributed by atoms with Crippen molar-refractivity contribution in [3.8, 4) is 0 Å². The van der Waals surface area contributed by atoms with Gasteiger partial charge in [0.05, 0.1) is 36.5 Å². The summed E-state index contributed by atoms with van der Waals surface area (Å²) in [6, 6.07) is 0. The van der Waals surface area contributed by atoms with E-state index in [1.807, 2.05) is 0 Å². The number of carbonyl (C=O) groups excluding carboxylic acids is 1. The van der Waals surface area contributed by atoms with Crippen molar-refractivity contribution >= 4 is 5.97 Å². The molecule has 6 heteroatoms. The Morgan fingerprint density at radius 1 is 1.32 bits per heavy atom. The molecule has 0 aromatic rings. The molecular weight excluding hydrogens is 252 g/mol. The normalized spacial score (nSPS) is 47.1. The lowest BCUT2D eigenvalue weighted by Crippen LogP contribution is -2.71. The van der Waals surface area contributed by atoms with Gasteiger partial charge in [0.1, 0.15) is 5.60 Å². The molecule has 5 unspecified atom stereocenters. The van der Waals surface area contributed by atoms with E-state index in [0.717, 1.165) is 0 Å². The average molecular weight is 275 g/mol. The van der Waals surface area contributed by atoms with Crippen LogP contribution in [0.2, 0.25) is 0 Å². The Morgan fingerprint density at radius 2 is 1.84 bits per heavy atom. The van der Waals surface area contributed by atoms with Crippen molar-refractivity contribution in [2.75, 3.05) is 13.2 Å². The minimum atomic E-state index is -1.37. The van der Waals surface area contributed by atoms with Gasteiger partial charge in [-0.15, -0.1) is 0 Å². The van der Waals surface area contributed by atoms with Crippen molar-refractivity contribution in [3.63, 3.8) is 0 Å². The van der Waals surface area contributed by atoms with Gasteiger partial charge in [-0.2, -0.15) is 0 Å². The summed E-state index contributed by atoms with van der Waals surface area (Å²) in [5.74, 6) is -1.80. The van der Waals surface area contributed by atoms with Gasteiger partial charge >= 0.3 is 0 Å². The van der Waals surface area contributed by atoms with Crippen LogP contribution in [0.4, 0.5) is 0 Å². The first-order valence-corrected chi connectivity index (χ1v) is 6.35. The molecule has 1 heterocycles. The zero-order chi connectivity index (χ0) is 15.1. The molecular formula is C13H23O6-. The number of rotatable bonds is 4. The largest absolute Gasteiger partial charge is 0.548 e. The maximum Gasteiger partial charge on any atom is 0.118 e. The first-order valence-electron chi connectivity index (χ1n) is 6.35. The first-order chi connectivity index (χ1) is 8.45. The van der Waals surface area contributed by atoms with E-state index in [2.05, 4.69) is 0 Å². The van der Waals surface area contributed by atoms with Crippen molar-refractivity contribution in [3.05, 3.63) is 0 Å². The maximum absolute atomic E-state index is 10.7. The van der Waals surface area contributed by atoms with Crippen molar-refractivity contribution < 1.29 is 29.6 Å². The molecule has 0 aromatic heterocycles. The van der Waals surface area contributed by atoms with Crippen molar-refractivity contribution in [1.29, 1.82) is 0 Å². The van der Waals surface area contributed by atoms with Gasteiger partial charge in [0, 0.05) is 5.92 Å². The predicted molar refractivity (Wildman–Crippen MR) is 65.2 cm³/mol. The number of hydrogen-bond donors (Lipinski definition) is 2. The van der Waals surface area contributed by atoms with E-state index in [1.54, 1.807) is 34.6 Å². The minimum Gasteiger partial charge on any atom is -0.548 e. The molecule has 6 nitrogen and oxygen atoms in total. The van der Waals surface area contributed by atoms with Crippen molar-refractivity contribution in [2.45, 2.75) is 57.5 Å². The molecule has 0 amide bonds. The fourth-order valence-corrected chi connectivity index (χ4v) is 2.52. The van der Waals surface area contributed by atoms with E-state index in [9.17, 15) is 20.1 Å². The third-order valence-electron chi connectivity index (χ3n) is 4.65. The number of ether oxygens (including phenoxy) is 2. The van der Waals surface area contributed by atoms with Crippen LogP contribution < -0.4 is 5.11 Å². The highest BCUT2D eigenvalue weighted by Crippen LogP contribution is 2.46. The number of carbonyl (C=O) groups is 1. The van der Waals surface area contributed by atoms with Gasteiger partial charge in [-0.1, -0.05) is 6.92 Å². The number of aliphatic carboxylic acids is 1. The summed E-state index contributed by atoms with van der Waals surface area (Å²) in [6.07, 6.45) is -0.515. The van der Waals surface area contributed by atoms with Gasteiger partial charge < -0.3 is 29.6 Å². The van der Waals surface area contributed by atoms with Gasteiger partial charge in [-0.3, -0.25) is 0 Å². The fourth-order valence-electron chi connectivity index (χ4n) is 2.52. The Balaban J connectivity index is 2.91. The summed E-state index contributed by atoms with van der Waals surface area (Å²) >= 11 is 0. The third kappa shape index (κ3) is 2.76. The van der Waals surface area contributed by atoms with Crippen LogP contribution in [-0.2, 0) is 14.3 Å². The highest BCUT2D eigenvalue weighted by atomic mass is 16.6. The molecule has 1 aliphatic heterocycles. The monoisotopic (exact) mass is 275 g/mol. The van der Waals surface area contributed by atoms with E-state index in [1.165, 1.54) is 0 Å². The second kappa shape index (κ2) is 5.01. The van der Waals surface area contributed by atoms with Gasteiger partial charge in [-0.25, -0.2) is 0 Å². The molecule has 1 aliphatic rings. The summed E-state index contributed by atoms with van der Waals surface area (Å²) in [6.45, 7) is 7.59. The highest BCUT2D eigenvalue weighted by molar-refractivity contribution is 5.65. The van der Waals surface area contributed by atoms with Gasteiger partial charge in [0.2, 0.25) is 0 Å². The smallest absolute Gasteiger partial charge is 0.118 e. The summed E-state index contributed by atoms with van der Waals surface area (Å²) in [5, 5.41) is 31.4. The van der Waals surface area contributed by atoms with E-state index in [4.69, 9.17) is 9.47 Å². The summed E-state index contributed by atoms with van der Waals surface area (Å²) in [4.78, 5) is 10.4. The molecule has 112 valence electrons. The molecule has 5 atom stereocenters.